The predicted octanol–water partition coefficient (Wildman–Crippen LogP) is 1.54. The number of fused-ring (bicyclic) bond motifs is 1. The molecule has 0 spiro atoms. The first-order chi connectivity index (χ1) is 16.0. The van der Waals surface area contributed by atoms with Crippen molar-refractivity contribution in [3.05, 3.63) is 29.3 Å². The second-order valence-corrected chi connectivity index (χ2v) is 7.68. The smallest absolute Gasteiger partial charge is 0.475 e. The highest BCUT2D eigenvalue weighted by molar-refractivity contribution is 6.06. The number of carboxylic acid groups (broad SMARTS) is 1. The second kappa shape index (κ2) is 11.6. The zero-order chi connectivity index (χ0) is 25.5. The number of amides is 4. The summed E-state index contributed by atoms with van der Waals surface area (Å²) < 4.78 is 31.7. The molecule has 3 rings (SSSR count). The van der Waals surface area contributed by atoms with Gasteiger partial charge in [-0.25, -0.2) is 4.79 Å². The molecular formula is C21H25F3N4O6. The fraction of sp³-hybridized carbons (Fsp3) is 0.476. The molecule has 4 amide bonds. The minimum absolute atomic E-state index is 0.104. The van der Waals surface area contributed by atoms with Crippen LogP contribution >= 0.6 is 0 Å². The van der Waals surface area contributed by atoms with Crippen molar-refractivity contribution < 1.29 is 42.3 Å². The molecule has 34 heavy (non-hydrogen) atoms. The highest BCUT2D eigenvalue weighted by Crippen LogP contribution is 2.32. The number of nitrogens with one attached hydrogen (secondary N) is 2. The van der Waals surface area contributed by atoms with Gasteiger partial charge in [0.15, 0.2) is 0 Å². The number of imide groups is 1. The molecule has 2 aliphatic heterocycles. The fourth-order valence-electron chi connectivity index (χ4n) is 3.52. The van der Waals surface area contributed by atoms with E-state index in [0.29, 0.717) is 36.2 Å². The molecule has 0 aromatic heterocycles. The summed E-state index contributed by atoms with van der Waals surface area (Å²) >= 11 is 0. The van der Waals surface area contributed by atoms with Gasteiger partial charge in [0.2, 0.25) is 17.7 Å². The number of benzene rings is 1. The average molecular weight is 486 g/mol. The number of carboxylic acids is 1. The highest BCUT2D eigenvalue weighted by atomic mass is 19.4. The molecule has 1 saturated heterocycles. The van der Waals surface area contributed by atoms with Gasteiger partial charge >= 0.3 is 12.1 Å². The lowest BCUT2D eigenvalue weighted by Gasteiger charge is -2.29. The number of unbranched alkanes of at least 4 members (excludes halogenated alkanes) is 2. The number of carbonyl (C=O) groups is 5. The molecule has 0 saturated carbocycles. The van der Waals surface area contributed by atoms with E-state index >= 15 is 0 Å². The maximum atomic E-state index is 12.7. The largest absolute Gasteiger partial charge is 0.490 e. The Morgan fingerprint density at radius 1 is 1.18 bits per heavy atom. The van der Waals surface area contributed by atoms with Crippen LogP contribution in [0.4, 0.5) is 18.9 Å². The minimum Gasteiger partial charge on any atom is -0.475 e. The third-order valence-corrected chi connectivity index (χ3v) is 5.21. The lowest BCUT2D eigenvalue weighted by molar-refractivity contribution is -0.192. The van der Waals surface area contributed by atoms with Crippen LogP contribution in [0.3, 0.4) is 0 Å². The molecule has 0 radical (unpaired) electrons. The molecule has 1 aromatic rings. The summed E-state index contributed by atoms with van der Waals surface area (Å²) in [5.41, 5.74) is 7.25. The van der Waals surface area contributed by atoms with Crippen LogP contribution in [0.1, 0.15) is 54.4 Å². The predicted molar refractivity (Wildman–Crippen MR) is 112 cm³/mol. The quantitative estimate of drug-likeness (QED) is 0.336. The number of carbonyl (C=O) groups excluding carboxylic acids is 4. The van der Waals surface area contributed by atoms with E-state index in [-0.39, 0.29) is 30.7 Å². The Morgan fingerprint density at radius 3 is 2.44 bits per heavy atom. The summed E-state index contributed by atoms with van der Waals surface area (Å²) in [5, 5.41) is 12.3. The van der Waals surface area contributed by atoms with Gasteiger partial charge in [0.25, 0.3) is 5.91 Å². The lowest BCUT2D eigenvalue weighted by atomic mass is 10.0. The van der Waals surface area contributed by atoms with Gasteiger partial charge < -0.3 is 21.1 Å². The normalized spacial score (nSPS) is 17.5. The number of aliphatic carboxylic acids is 1. The molecular weight excluding hydrogens is 461 g/mol. The summed E-state index contributed by atoms with van der Waals surface area (Å²) in [5.74, 6) is -3.88. The van der Waals surface area contributed by atoms with Gasteiger partial charge in [-0.2, -0.15) is 13.2 Å². The summed E-state index contributed by atoms with van der Waals surface area (Å²) in [4.78, 5) is 58.8. The average Bonchev–Trinajstić information content (AvgIpc) is 3.08. The van der Waals surface area contributed by atoms with Crippen molar-refractivity contribution >= 4 is 35.3 Å². The van der Waals surface area contributed by atoms with E-state index in [4.69, 9.17) is 15.6 Å². The van der Waals surface area contributed by atoms with Gasteiger partial charge in [-0.3, -0.25) is 24.5 Å². The highest BCUT2D eigenvalue weighted by Gasteiger charge is 2.40. The van der Waals surface area contributed by atoms with Crippen LogP contribution in [0, 0.1) is 0 Å². The maximum absolute atomic E-state index is 12.7. The van der Waals surface area contributed by atoms with Crippen molar-refractivity contribution in [1.29, 1.82) is 0 Å². The Balaban J connectivity index is 0.000000509. The fourth-order valence-corrected chi connectivity index (χ4v) is 3.52. The van der Waals surface area contributed by atoms with E-state index in [1.807, 2.05) is 0 Å². The monoisotopic (exact) mass is 486 g/mol. The van der Waals surface area contributed by atoms with Gasteiger partial charge in [0.1, 0.15) is 6.04 Å². The molecule has 1 atom stereocenters. The zero-order valence-corrected chi connectivity index (χ0v) is 18.1. The number of anilines is 1. The first-order valence-electron chi connectivity index (χ1n) is 10.5. The van der Waals surface area contributed by atoms with Crippen LogP contribution < -0.4 is 16.4 Å². The van der Waals surface area contributed by atoms with Crippen LogP contribution in [0.15, 0.2) is 18.2 Å². The van der Waals surface area contributed by atoms with E-state index in [0.717, 1.165) is 19.3 Å². The minimum atomic E-state index is -5.08. The lowest BCUT2D eigenvalue weighted by Crippen LogP contribution is -2.52. The number of hydrogen-bond acceptors (Lipinski definition) is 6. The SMILES string of the molecule is NCCCCCC(=O)Nc1cccc2c1CN(C1CCC(=O)NC1=O)C2=O.O=C(O)C(F)(F)F. The van der Waals surface area contributed by atoms with Crippen molar-refractivity contribution in [3.63, 3.8) is 0 Å². The molecule has 0 aliphatic carbocycles. The van der Waals surface area contributed by atoms with Gasteiger partial charge in [0, 0.05) is 36.2 Å². The molecule has 13 heteroatoms. The van der Waals surface area contributed by atoms with Crippen molar-refractivity contribution in [2.75, 3.05) is 11.9 Å². The number of alkyl halides is 3. The van der Waals surface area contributed by atoms with Crippen molar-refractivity contribution in [2.45, 2.75) is 57.3 Å². The van der Waals surface area contributed by atoms with E-state index in [2.05, 4.69) is 10.6 Å². The maximum Gasteiger partial charge on any atom is 0.490 e. The second-order valence-electron chi connectivity index (χ2n) is 7.68. The summed E-state index contributed by atoms with van der Waals surface area (Å²) in [6.07, 6.45) is -1.61. The third-order valence-electron chi connectivity index (χ3n) is 5.21. The Hall–Kier alpha value is -3.48. The number of piperidine rings is 1. The van der Waals surface area contributed by atoms with Crippen LogP contribution in [0.2, 0.25) is 0 Å². The van der Waals surface area contributed by atoms with E-state index in [9.17, 15) is 32.3 Å². The number of nitrogens with zero attached hydrogens (tertiary/aromatic N) is 1. The Morgan fingerprint density at radius 2 is 1.85 bits per heavy atom. The molecule has 1 aromatic carbocycles. The standard InChI is InChI=1S/C19H24N4O4.C2HF3O2/c20-10-3-1-2-7-16(24)21-14-6-4-5-12-13(14)11-23(19(12)27)15-8-9-17(25)22-18(15)26;3-2(4,5)1(6)7/h4-6,15H,1-3,7-11,20H2,(H,21,24)(H,22,25,26);(H,6,7). The Bertz CT molecular complexity index is 966. The summed E-state index contributed by atoms with van der Waals surface area (Å²) in [6, 6.07) is 4.51. The first kappa shape index (κ1) is 26.8. The number of halogens is 3. The Kier molecular flexibility index (Phi) is 9.12. The topological polar surface area (TPSA) is 159 Å². The van der Waals surface area contributed by atoms with Crippen molar-refractivity contribution in [1.82, 2.24) is 10.2 Å². The third kappa shape index (κ3) is 7.01. The molecule has 1 fully saturated rings. The number of nitrogens with two attached hydrogens (primary N) is 1. The van der Waals surface area contributed by atoms with Gasteiger partial charge in [-0.1, -0.05) is 12.5 Å². The van der Waals surface area contributed by atoms with Gasteiger partial charge in [-0.15, -0.1) is 0 Å². The number of hydrogen-bond donors (Lipinski definition) is 4. The van der Waals surface area contributed by atoms with Crippen LogP contribution in [-0.4, -0.2) is 58.4 Å². The van der Waals surface area contributed by atoms with Crippen LogP contribution in [0.5, 0.6) is 0 Å². The molecule has 5 N–H and O–H groups in total. The van der Waals surface area contributed by atoms with E-state index in [1.165, 1.54) is 4.90 Å². The van der Waals surface area contributed by atoms with Crippen LogP contribution in [-0.2, 0) is 25.7 Å². The number of rotatable bonds is 7. The van der Waals surface area contributed by atoms with Gasteiger partial charge in [0.05, 0.1) is 0 Å². The molecule has 2 heterocycles. The van der Waals surface area contributed by atoms with E-state index < -0.39 is 24.1 Å². The molecule has 10 nitrogen and oxygen atoms in total. The van der Waals surface area contributed by atoms with Gasteiger partial charge in [-0.05, 0) is 37.9 Å². The molecule has 2 aliphatic rings. The van der Waals surface area contributed by atoms with Crippen molar-refractivity contribution in [3.8, 4) is 0 Å². The molecule has 0 bridgehead atoms. The summed E-state index contributed by atoms with van der Waals surface area (Å²) in [7, 11) is 0. The van der Waals surface area contributed by atoms with E-state index in [1.54, 1.807) is 18.2 Å². The summed E-state index contributed by atoms with van der Waals surface area (Å²) in [6.45, 7) is 0.857. The van der Waals surface area contributed by atoms with Crippen molar-refractivity contribution in [2.24, 2.45) is 5.73 Å². The molecule has 186 valence electrons. The first-order valence-corrected chi connectivity index (χ1v) is 10.5. The Labute approximate surface area is 192 Å². The zero-order valence-electron chi connectivity index (χ0n) is 18.1. The molecule has 1 unspecified atom stereocenters. The van der Waals surface area contributed by atoms with Crippen LogP contribution in [0.25, 0.3) is 0 Å².